The number of nitrogens with zero attached hydrogens (tertiary/aromatic N) is 4. The number of nitrogens with one attached hydrogen (secondary N) is 1. The number of alkyl halides is 3. The monoisotopic (exact) mass is 454 g/mol. The van der Waals surface area contributed by atoms with Crippen molar-refractivity contribution < 1.29 is 22.4 Å². The number of carbonyl (C=O) groups excluding carboxylic acids is 1. The van der Waals surface area contributed by atoms with Crippen molar-refractivity contribution in [3.63, 3.8) is 0 Å². The van der Waals surface area contributed by atoms with E-state index in [4.69, 9.17) is 10.2 Å². The fourth-order valence-electron chi connectivity index (χ4n) is 4.29. The second-order valence-electron chi connectivity index (χ2n) is 8.73. The van der Waals surface area contributed by atoms with Gasteiger partial charge in [-0.1, -0.05) is 6.92 Å². The predicted molar refractivity (Wildman–Crippen MR) is 113 cm³/mol. The molecular formula is C21H29F3N6O2. The fourth-order valence-corrected chi connectivity index (χ4v) is 4.29. The van der Waals surface area contributed by atoms with Crippen LogP contribution >= 0.6 is 0 Å². The summed E-state index contributed by atoms with van der Waals surface area (Å²) in [6.07, 6.45) is 1.80. The van der Waals surface area contributed by atoms with Gasteiger partial charge in [0.1, 0.15) is 5.84 Å². The molecule has 0 radical (unpaired) electrons. The number of amides is 1. The molecule has 1 unspecified atom stereocenters. The molecule has 0 bridgehead atoms. The molecule has 32 heavy (non-hydrogen) atoms. The summed E-state index contributed by atoms with van der Waals surface area (Å²) in [7, 11) is 0. The van der Waals surface area contributed by atoms with Gasteiger partial charge < -0.3 is 25.3 Å². The molecule has 3 aliphatic rings. The fraction of sp³-hybridized carbons (Fsp3) is 0.667. The zero-order chi connectivity index (χ0) is 22.9. The summed E-state index contributed by atoms with van der Waals surface area (Å²) < 4.78 is 46.0. The summed E-state index contributed by atoms with van der Waals surface area (Å²) in [5.74, 6) is -0.981. The highest BCUT2D eigenvalue weighted by atomic mass is 19.4. The van der Waals surface area contributed by atoms with Gasteiger partial charge in [-0.3, -0.25) is 4.79 Å². The van der Waals surface area contributed by atoms with E-state index in [1.807, 2.05) is 6.92 Å². The molecule has 1 atom stereocenters. The molecule has 8 nitrogen and oxygen atoms in total. The van der Waals surface area contributed by atoms with Gasteiger partial charge in [0.2, 0.25) is 5.76 Å². The van der Waals surface area contributed by atoms with Gasteiger partial charge in [0.15, 0.2) is 5.69 Å². The Morgan fingerprint density at radius 2 is 1.84 bits per heavy atom. The summed E-state index contributed by atoms with van der Waals surface area (Å²) in [6, 6.07) is 0.0503. The van der Waals surface area contributed by atoms with Crippen molar-refractivity contribution in [1.82, 2.24) is 15.2 Å². The minimum absolute atomic E-state index is 0.110. The van der Waals surface area contributed by atoms with Gasteiger partial charge in [0.05, 0.1) is 0 Å². The SMILES string of the molecule is CC1CC(N2CCC(N)CC2)=NC=C1NC(=O)c1oc(N2CCCCC2)nc1C(F)(F)F. The largest absolute Gasteiger partial charge is 0.437 e. The van der Waals surface area contributed by atoms with Crippen LogP contribution < -0.4 is 16.0 Å². The van der Waals surface area contributed by atoms with Crippen molar-refractivity contribution in [2.75, 3.05) is 31.1 Å². The molecular weight excluding hydrogens is 425 g/mol. The molecule has 2 fully saturated rings. The number of halogens is 3. The molecule has 2 saturated heterocycles. The second-order valence-corrected chi connectivity index (χ2v) is 8.73. The number of aliphatic imine (C=N–C) groups is 1. The molecule has 0 spiro atoms. The maximum Gasteiger partial charge on any atom is 0.437 e. The third kappa shape index (κ3) is 4.92. The molecule has 1 amide bonds. The molecule has 4 rings (SSSR count). The minimum atomic E-state index is -4.79. The van der Waals surface area contributed by atoms with E-state index in [9.17, 15) is 18.0 Å². The number of hydrogen-bond donors (Lipinski definition) is 2. The molecule has 3 aliphatic heterocycles. The van der Waals surface area contributed by atoms with E-state index in [2.05, 4.69) is 20.2 Å². The quantitative estimate of drug-likeness (QED) is 0.728. The van der Waals surface area contributed by atoms with E-state index >= 15 is 0 Å². The molecule has 11 heteroatoms. The normalized spacial score (nSPS) is 23.1. The number of amidine groups is 1. The highest BCUT2D eigenvalue weighted by Crippen LogP contribution is 2.35. The van der Waals surface area contributed by atoms with Crippen molar-refractivity contribution in [3.05, 3.63) is 23.4 Å². The molecule has 0 aliphatic carbocycles. The third-order valence-corrected chi connectivity index (χ3v) is 6.25. The standard InChI is InChI=1S/C21H29F3N6O2/c1-13-11-16(29-9-5-14(25)6-10-29)26-12-15(13)27-19(31)17-18(21(22,23)24)28-20(32-17)30-7-3-2-4-8-30/h12-14H,2-11,25H2,1H3,(H,27,31). The Labute approximate surface area is 184 Å². The number of carbonyl (C=O) groups is 1. The number of piperidine rings is 2. The zero-order valence-electron chi connectivity index (χ0n) is 18.1. The third-order valence-electron chi connectivity index (χ3n) is 6.25. The predicted octanol–water partition coefficient (Wildman–Crippen LogP) is 3.12. The number of likely N-dealkylation sites (tertiary alicyclic amines) is 1. The number of allylic oxidation sites excluding steroid dienone is 1. The Morgan fingerprint density at radius 3 is 2.47 bits per heavy atom. The lowest BCUT2D eigenvalue weighted by atomic mass is 9.98. The van der Waals surface area contributed by atoms with Crippen LogP contribution in [0.5, 0.6) is 0 Å². The average Bonchev–Trinajstić information content (AvgIpc) is 3.23. The molecule has 3 N–H and O–H groups in total. The van der Waals surface area contributed by atoms with E-state index in [-0.39, 0.29) is 18.0 Å². The highest BCUT2D eigenvalue weighted by Gasteiger charge is 2.42. The molecule has 176 valence electrons. The summed E-state index contributed by atoms with van der Waals surface area (Å²) in [4.78, 5) is 24.7. The second kappa shape index (κ2) is 9.13. The van der Waals surface area contributed by atoms with Crippen LogP contribution in [0.4, 0.5) is 19.2 Å². The average molecular weight is 454 g/mol. The first kappa shape index (κ1) is 22.6. The molecule has 4 heterocycles. The maximum atomic E-state index is 13.6. The topological polar surface area (TPSA) is 100.0 Å². The number of nitrogens with two attached hydrogens (primary N) is 1. The summed E-state index contributed by atoms with van der Waals surface area (Å²) in [5, 5.41) is 2.57. The Bertz CT molecular complexity index is 896. The molecule has 0 aromatic carbocycles. The van der Waals surface area contributed by atoms with E-state index in [0.29, 0.717) is 25.2 Å². The van der Waals surface area contributed by atoms with Crippen molar-refractivity contribution in [3.8, 4) is 0 Å². The number of hydrogen-bond acceptors (Lipinski definition) is 7. The van der Waals surface area contributed by atoms with E-state index in [1.54, 1.807) is 4.90 Å². The highest BCUT2D eigenvalue weighted by molar-refractivity contribution is 5.94. The first-order valence-electron chi connectivity index (χ1n) is 11.1. The van der Waals surface area contributed by atoms with Gasteiger partial charge in [-0.25, -0.2) is 4.99 Å². The Kier molecular flexibility index (Phi) is 6.45. The molecule has 1 aromatic rings. The summed E-state index contributed by atoms with van der Waals surface area (Å²) in [5.41, 5.74) is 5.11. The van der Waals surface area contributed by atoms with E-state index in [1.165, 1.54) is 6.20 Å². The first-order valence-corrected chi connectivity index (χ1v) is 11.1. The van der Waals surface area contributed by atoms with Gasteiger partial charge in [-0.05, 0) is 32.1 Å². The van der Waals surface area contributed by atoms with Crippen LogP contribution in [0.25, 0.3) is 0 Å². The Morgan fingerprint density at radius 1 is 1.16 bits per heavy atom. The lowest BCUT2D eigenvalue weighted by Crippen LogP contribution is -2.44. The van der Waals surface area contributed by atoms with Crippen molar-refractivity contribution in [1.29, 1.82) is 0 Å². The van der Waals surface area contributed by atoms with Crippen LogP contribution in [-0.4, -0.2) is 53.8 Å². The lowest BCUT2D eigenvalue weighted by molar-refractivity contribution is -0.141. The lowest BCUT2D eigenvalue weighted by Gasteiger charge is -2.35. The Hall–Kier alpha value is -2.56. The van der Waals surface area contributed by atoms with E-state index < -0.39 is 23.5 Å². The van der Waals surface area contributed by atoms with Crippen molar-refractivity contribution in [2.24, 2.45) is 16.6 Å². The molecule has 0 saturated carbocycles. The number of rotatable bonds is 3. The van der Waals surface area contributed by atoms with Gasteiger partial charge in [0.25, 0.3) is 11.9 Å². The van der Waals surface area contributed by atoms with Crippen molar-refractivity contribution in [2.45, 2.75) is 57.7 Å². The zero-order valence-corrected chi connectivity index (χ0v) is 18.1. The van der Waals surface area contributed by atoms with Crippen LogP contribution in [0.15, 0.2) is 21.3 Å². The number of anilines is 1. The van der Waals surface area contributed by atoms with Gasteiger partial charge in [0, 0.05) is 56.5 Å². The van der Waals surface area contributed by atoms with Crippen LogP contribution in [0.3, 0.4) is 0 Å². The van der Waals surface area contributed by atoms with Crippen molar-refractivity contribution >= 4 is 17.8 Å². The minimum Gasteiger partial charge on any atom is -0.417 e. The van der Waals surface area contributed by atoms with Crippen LogP contribution in [0.1, 0.15) is 61.7 Å². The van der Waals surface area contributed by atoms with Gasteiger partial charge in [-0.15, -0.1) is 0 Å². The smallest absolute Gasteiger partial charge is 0.417 e. The van der Waals surface area contributed by atoms with Gasteiger partial charge in [-0.2, -0.15) is 18.2 Å². The number of aromatic nitrogens is 1. The summed E-state index contributed by atoms with van der Waals surface area (Å²) in [6.45, 7) is 4.67. The van der Waals surface area contributed by atoms with Crippen LogP contribution in [0, 0.1) is 5.92 Å². The first-order chi connectivity index (χ1) is 15.2. The van der Waals surface area contributed by atoms with Crippen LogP contribution in [0.2, 0.25) is 0 Å². The van der Waals surface area contributed by atoms with Gasteiger partial charge >= 0.3 is 6.18 Å². The maximum absolute atomic E-state index is 13.6. The summed E-state index contributed by atoms with van der Waals surface area (Å²) >= 11 is 0. The Balaban J connectivity index is 1.51. The van der Waals surface area contributed by atoms with E-state index in [0.717, 1.165) is 51.0 Å². The number of oxazole rings is 1. The molecule has 1 aromatic heterocycles. The van der Waals surface area contributed by atoms with Crippen LogP contribution in [-0.2, 0) is 6.18 Å².